The maximum Gasteiger partial charge on any atom is 0.425 e. The molecule has 50 valence electrons. The van der Waals surface area contributed by atoms with E-state index < -0.39 is 13.1 Å². The summed E-state index contributed by atoms with van der Waals surface area (Å²) in [6.07, 6.45) is 4.37. The second-order valence-electron chi connectivity index (χ2n) is 1.49. The largest absolute Gasteiger partial charge is 0.425 e. The quantitative estimate of drug-likeness (QED) is 0.403. The molecule has 0 aromatic rings. The van der Waals surface area contributed by atoms with Crippen LogP contribution in [-0.4, -0.2) is 12.7 Å². The van der Waals surface area contributed by atoms with Crippen LogP contribution in [0.25, 0.3) is 0 Å². The molecule has 3 nitrogen and oxygen atoms in total. The third kappa shape index (κ3) is 1.70. The van der Waals surface area contributed by atoms with Crippen LogP contribution in [0.1, 0.15) is 0 Å². The van der Waals surface area contributed by atoms with Crippen molar-refractivity contribution in [1.82, 2.24) is 0 Å². The van der Waals surface area contributed by atoms with E-state index >= 15 is 0 Å². The summed E-state index contributed by atoms with van der Waals surface area (Å²) >= 11 is 5.16. The Hall–Kier alpha value is -0.0000000000000000208. The highest BCUT2D eigenvalue weighted by atomic mass is 35.7. The molecule has 0 aromatic carbocycles. The highest BCUT2D eigenvalue weighted by Crippen LogP contribution is 2.58. The Kier molecular flexibility index (Phi) is 1.83. The van der Waals surface area contributed by atoms with E-state index in [-0.39, 0.29) is 6.61 Å². The van der Waals surface area contributed by atoms with E-state index in [1.165, 1.54) is 0 Å². The SMILES string of the molecule is C#CC1COP(=O)(Cl)O1. The van der Waals surface area contributed by atoms with Gasteiger partial charge in [0, 0.05) is 11.2 Å². The molecule has 0 radical (unpaired) electrons. The lowest BCUT2D eigenvalue weighted by atomic mass is 10.4. The normalized spacial score (nSPS) is 42.4. The fourth-order valence-corrected chi connectivity index (χ4v) is 1.71. The molecule has 1 aliphatic heterocycles. The minimum absolute atomic E-state index is 0.122. The van der Waals surface area contributed by atoms with Crippen molar-refractivity contribution in [3.8, 4) is 12.3 Å². The van der Waals surface area contributed by atoms with Gasteiger partial charge in [-0.2, -0.15) is 0 Å². The molecule has 2 atom stereocenters. The molecular formula is C4H4ClO3P. The average molecular weight is 166 g/mol. The molecule has 0 aliphatic carbocycles. The molecule has 0 amide bonds. The Morgan fingerprint density at radius 2 is 2.56 bits per heavy atom. The molecule has 0 aromatic heterocycles. The van der Waals surface area contributed by atoms with E-state index in [9.17, 15) is 4.57 Å². The summed E-state index contributed by atoms with van der Waals surface area (Å²) in [6, 6.07) is 0. The zero-order valence-electron chi connectivity index (χ0n) is 4.41. The molecule has 1 aliphatic rings. The molecule has 0 bridgehead atoms. The van der Waals surface area contributed by atoms with Crippen molar-refractivity contribution < 1.29 is 13.6 Å². The van der Waals surface area contributed by atoms with Crippen molar-refractivity contribution in [2.75, 3.05) is 6.61 Å². The van der Waals surface area contributed by atoms with Gasteiger partial charge in [0.15, 0.2) is 6.10 Å². The predicted molar refractivity (Wildman–Crippen MR) is 33.1 cm³/mol. The van der Waals surface area contributed by atoms with Crippen LogP contribution in [0.4, 0.5) is 0 Å². The van der Waals surface area contributed by atoms with Gasteiger partial charge in [0.1, 0.15) is 0 Å². The predicted octanol–water partition coefficient (Wildman–Crippen LogP) is 1.38. The fraction of sp³-hybridized carbons (Fsp3) is 0.500. The summed E-state index contributed by atoms with van der Waals surface area (Å²) in [6.45, 7) is -3.16. The maximum absolute atomic E-state index is 10.6. The van der Waals surface area contributed by atoms with E-state index in [2.05, 4.69) is 15.0 Å². The summed E-state index contributed by atoms with van der Waals surface area (Å²) in [5.41, 5.74) is 0. The van der Waals surface area contributed by atoms with Crippen LogP contribution in [0.2, 0.25) is 0 Å². The van der Waals surface area contributed by atoms with Crippen LogP contribution in [0.3, 0.4) is 0 Å². The maximum atomic E-state index is 10.6. The van der Waals surface area contributed by atoms with Crippen LogP contribution in [-0.2, 0) is 13.6 Å². The first kappa shape index (κ1) is 7.11. The monoisotopic (exact) mass is 166 g/mol. The Morgan fingerprint density at radius 3 is 2.78 bits per heavy atom. The smallest absolute Gasteiger partial charge is 0.293 e. The lowest BCUT2D eigenvalue weighted by molar-refractivity contribution is 0.299. The fourth-order valence-electron chi connectivity index (χ4n) is 0.448. The number of hydrogen-bond acceptors (Lipinski definition) is 3. The van der Waals surface area contributed by atoms with Gasteiger partial charge in [0.2, 0.25) is 0 Å². The summed E-state index contributed by atoms with van der Waals surface area (Å²) < 4.78 is 19.7. The number of rotatable bonds is 0. The van der Waals surface area contributed by atoms with E-state index in [4.69, 9.17) is 17.7 Å². The van der Waals surface area contributed by atoms with Crippen molar-refractivity contribution in [3.05, 3.63) is 0 Å². The first-order chi connectivity index (χ1) is 4.14. The van der Waals surface area contributed by atoms with Crippen molar-refractivity contribution in [3.63, 3.8) is 0 Å². The number of terminal acetylenes is 1. The molecule has 0 saturated carbocycles. The van der Waals surface area contributed by atoms with Gasteiger partial charge in [-0.15, -0.1) is 6.42 Å². The Labute approximate surface area is 57.6 Å². The third-order valence-corrected chi connectivity index (χ3v) is 2.31. The van der Waals surface area contributed by atoms with Crippen LogP contribution < -0.4 is 0 Å². The molecule has 1 saturated heterocycles. The van der Waals surface area contributed by atoms with Gasteiger partial charge in [-0.1, -0.05) is 5.92 Å². The van der Waals surface area contributed by atoms with E-state index in [0.29, 0.717) is 0 Å². The first-order valence-corrected chi connectivity index (χ1v) is 4.67. The second kappa shape index (κ2) is 2.32. The minimum atomic E-state index is -3.29. The zero-order chi connectivity index (χ0) is 6.91. The lowest BCUT2D eigenvalue weighted by Gasteiger charge is -1.96. The van der Waals surface area contributed by atoms with Crippen molar-refractivity contribution in [2.24, 2.45) is 0 Å². The van der Waals surface area contributed by atoms with Gasteiger partial charge in [-0.25, -0.2) is 4.57 Å². The van der Waals surface area contributed by atoms with E-state index in [0.717, 1.165) is 0 Å². The van der Waals surface area contributed by atoms with Crippen molar-refractivity contribution in [2.45, 2.75) is 6.10 Å². The zero-order valence-corrected chi connectivity index (χ0v) is 6.06. The number of hydrogen-bond donors (Lipinski definition) is 0. The molecule has 1 heterocycles. The highest BCUT2D eigenvalue weighted by molar-refractivity contribution is 7.81. The Morgan fingerprint density at radius 1 is 1.89 bits per heavy atom. The second-order valence-corrected chi connectivity index (χ2v) is 4.06. The topological polar surface area (TPSA) is 35.5 Å². The van der Waals surface area contributed by atoms with Crippen LogP contribution in [0.5, 0.6) is 0 Å². The van der Waals surface area contributed by atoms with Gasteiger partial charge >= 0.3 is 6.95 Å². The molecule has 0 N–H and O–H groups in total. The lowest BCUT2D eigenvalue weighted by Crippen LogP contribution is -2.03. The molecule has 1 fully saturated rings. The molecule has 2 unspecified atom stereocenters. The van der Waals surface area contributed by atoms with Crippen molar-refractivity contribution in [1.29, 1.82) is 0 Å². The van der Waals surface area contributed by atoms with Gasteiger partial charge in [-0.3, -0.25) is 9.05 Å². The average Bonchev–Trinajstić information content (AvgIpc) is 2.10. The number of halogens is 1. The van der Waals surface area contributed by atoms with Gasteiger partial charge in [-0.05, 0) is 0 Å². The summed E-state index contributed by atoms with van der Waals surface area (Å²) in [5, 5.41) is 0. The molecule has 5 heteroatoms. The van der Waals surface area contributed by atoms with Crippen LogP contribution >= 0.6 is 18.2 Å². The van der Waals surface area contributed by atoms with Gasteiger partial charge < -0.3 is 0 Å². The molecular weight excluding hydrogens is 162 g/mol. The van der Waals surface area contributed by atoms with Crippen LogP contribution in [0, 0.1) is 12.3 Å². The Balaban J connectivity index is 2.60. The summed E-state index contributed by atoms with van der Waals surface area (Å²) in [4.78, 5) is 0. The molecule has 9 heavy (non-hydrogen) atoms. The standard InChI is InChI=1S/C4H4ClO3P/c1-2-4-3-7-9(5,6)8-4/h1,4H,3H2. The first-order valence-electron chi connectivity index (χ1n) is 2.23. The van der Waals surface area contributed by atoms with Gasteiger partial charge in [0.05, 0.1) is 6.61 Å². The summed E-state index contributed by atoms with van der Waals surface area (Å²) in [5.74, 6) is 2.22. The summed E-state index contributed by atoms with van der Waals surface area (Å²) in [7, 11) is 0. The van der Waals surface area contributed by atoms with Crippen LogP contribution in [0.15, 0.2) is 0 Å². The van der Waals surface area contributed by atoms with E-state index in [1.807, 2.05) is 0 Å². The molecule has 0 spiro atoms. The molecule has 1 rings (SSSR count). The minimum Gasteiger partial charge on any atom is -0.293 e. The van der Waals surface area contributed by atoms with Gasteiger partial charge in [0.25, 0.3) is 0 Å². The van der Waals surface area contributed by atoms with Crippen molar-refractivity contribution >= 4 is 18.2 Å². The Bertz CT molecular complexity index is 196. The highest BCUT2D eigenvalue weighted by Gasteiger charge is 2.33. The van der Waals surface area contributed by atoms with E-state index in [1.54, 1.807) is 0 Å². The third-order valence-electron chi connectivity index (χ3n) is 0.819.